The Morgan fingerprint density at radius 1 is 1.19 bits per heavy atom. The summed E-state index contributed by atoms with van der Waals surface area (Å²) >= 11 is 0. The Kier molecular flexibility index (Phi) is 5.74. The summed E-state index contributed by atoms with van der Waals surface area (Å²) in [5, 5.41) is 2.86. The highest BCUT2D eigenvalue weighted by Crippen LogP contribution is 2.18. The second-order valence-corrected chi connectivity index (χ2v) is 7.26. The average Bonchev–Trinajstić information content (AvgIpc) is 2.46. The molecule has 1 N–H and O–H groups in total. The highest BCUT2D eigenvalue weighted by Gasteiger charge is 2.21. The first kappa shape index (κ1) is 17.5. The molecule has 0 radical (unpaired) electrons. The summed E-state index contributed by atoms with van der Waals surface area (Å²) in [6.07, 6.45) is 0.855. The van der Waals surface area contributed by atoms with E-state index in [-0.39, 0.29) is 11.9 Å². The van der Waals surface area contributed by atoms with Crippen LogP contribution in [0.15, 0.2) is 24.3 Å². The summed E-state index contributed by atoms with van der Waals surface area (Å²) < 4.78 is 26.3. The number of nitrogens with one attached hydrogen (secondary N) is 1. The maximum atomic E-state index is 12.0. The number of amides is 1. The summed E-state index contributed by atoms with van der Waals surface area (Å²) in [4.78, 5) is 11.9. The number of rotatable bonds is 6. The van der Waals surface area contributed by atoms with E-state index in [2.05, 4.69) is 5.32 Å². The van der Waals surface area contributed by atoms with Crippen molar-refractivity contribution < 1.29 is 13.2 Å². The number of hydrogen-bond donors (Lipinski definition) is 1. The van der Waals surface area contributed by atoms with E-state index < -0.39 is 10.2 Å². The van der Waals surface area contributed by atoms with Crippen LogP contribution in [-0.4, -0.2) is 45.8 Å². The van der Waals surface area contributed by atoms with Crippen LogP contribution in [0.4, 0.5) is 5.69 Å². The number of anilines is 1. The van der Waals surface area contributed by atoms with Gasteiger partial charge in [-0.1, -0.05) is 6.92 Å². The Morgan fingerprint density at radius 2 is 1.71 bits per heavy atom. The molecule has 0 saturated carbocycles. The van der Waals surface area contributed by atoms with Gasteiger partial charge in [-0.3, -0.25) is 9.10 Å². The normalized spacial score (nSPS) is 13.0. The lowest BCUT2D eigenvalue weighted by molar-refractivity contribution is 0.0939. The van der Waals surface area contributed by atoms with Gasteiger partial charge < -0.3 is 5.32 Å². The Balaban J connectivity index is 2.91. The highest BCUT2D eigenvalue weighted by atomic mass is 32.2. The number of carbonyl (C=O) groups excluding carboxylic acids is 1. The predicted octanol–water partition coefficient (Wildman–Crippen LogP) is 1.46. The molecular weight excluding hydrogens is 290 g/mol. The SMILES string of the molecule is CC[C@H](C)NC(=O)c1ccc(N(C)S(=O)(=O)N(C)C)cc1. The van der Waals surface area contributed by atoms with E-state index in [1.165, 1.54) is 25.4 Å². The maximum Gasteiger partial charge on any atom is 0.303 e. The van der Waals surface area contributed by atoms with Crippen molar-refractivity contribution in [1.82, 2.24) is 9.62 Å². The molecule has 0 saturated heterocycles. The van der Waals surface area contributed by atoms with Gasteiger partial charge in [0.15, 0.2) is 0 Å². The molecule has 0 unspecified atom stereocenters. The summed E-state index contributed by atoms with van der Waals surface area (Å²) in [6.45, 7) is 3.93. The van der Waals surface area contributed by atoms with E-state index in [4.69, 9.17) is 0 Å². The Bertz CT molecular complexity index is 582. The van der Waals surface area contributed by atoms with E-state index in [1.807, 2.05) is 13.8 Å². The van der Waals surface area contributed by atoms with Crippen LogP contribution in [0.5, 0.6) is 0 Å². The van der Waals surface area contributed by atoms with Crippen molar-refractivity contribution in [3.63, 3.8) is 0 Å². The second kappa shape index (κ2) is 6.91. The molecular formula is C14H23N3O3S. The van der Waals surface area contributed by atoms with E-state index in [9.17, 15) is 13.2 Å². The molecule has 0 aliphatic heterocycles. The van der Waals surface area contributed by atoms with Crippen LogP contribution >= 0.6 is 0 Å². The van der Waals surface area contributed by atoms with E-state index in [0.717, 1.165) is 10.7 Å². The van der Waals surface area contributed by atoms with Crippen LogP contribution in [0, 0.1) is 0 Å². The third-order valence-electron chi connectivity index (χ3n) is 3.29. The quantitative estimate of drug-likeness (QED) is 0.864. The van der Waals surface area contributed by atoms with Crippen LogP contribution in [-0.2, 0) is 10.2 Å². The lowest BCUT2D eigenvalue weighted by atomic mass is 10.1. The molecule has 0 aliphatic rings. The van der Waals surface area contributed by atoms with Gasteiger partial charge in [0.05, 0.1) is 5.69 Å². The lowest BCUT2D eigenvalue weighted by Gasteiger charge is -2.23. The molecule has 1 atom stereocenters. The molecule has 118 valence electrons. The molecule has 7 heteroatoms. The minimum absolute atomic E-state index is 0.106. The van der Waals surface area contributed by atoms with E-state index >= 15 is 0 Å². The fourth-order valence-corrected chi connectivity index (χ4v) is 2.49. The average molecular weight is 313 g/mol. The van der Waals surface area contributed by atoms with Gasteiger partial charge in [0.2, 0.25) is 0 Å². The van der Waals surface area contributed by atoms with Crippen LogP contribution in [0.25, 0.3) is 0 Å². The summed E-state index contributed by atoms with van der Waals surface area (Å²) in [5.41, 5.74) is 1.01. The molecule has 6 nitrogen and oxygen atoms in total. The molecule has 21 heavy (non-hydrogen) atoms. The van der Waals surface area contributed by atoms with Crippen molar-refractivity contribution in [2.75, 3.05) is 25.4 Å². The van der Waals surface area contributed by atoms with Crippen LogP contribution < -0.4 is 9.62 Å². The molecule has 0 aromatic heterocycles. The fourth-order valence-electron chi connectivity index (χ4n) is 1.61. The van der Waals surface area contributed by atoms with Crippen molar-refractivity contribution in [2.24, 2.45) is 0 Å². The third-order valence-corrected chi connectivity index (χ3v) is 5.12. The number of benzene rings is 1. The van der Waals surface area contributed by atoms with Crippen molar-refractivity contribution >= 4 is 21.8 Å². The van der Waals surface area contributed by atoms with Gasteiger partial charge in [-0.15, -0.1) is 0 Å². The molecule has 1 rings (SSSR count). The number of hydrogen-bond acceptors (Lipinski definition) is 3. The molecule has 0 fully saturated rings. The minimum atomic E-state index is -3.52. The summed E-state index contributed by atoms with van der Waals surface area (Å²) in [6, 6.07) is 6.58. The van der Waals surface area contributed by atoms with Crippen molar-refractivity contribution in [3.8, 4) is 0 Å². The largest absolute Gasteiger partial charge is 0.350 e. The van der Waals surface area contributed by atoms with Crippen LogP contribution in [0.3, 0.4) is 0 Å². The van der Waals surface area contributed by atoms with Gasteiger partial charge >= 0.3 is 10.2 Å². The second-order valence-electron chi connectivity index (χ2n) is 5.09. The molecule has 0 bridgehead atoms. The molecule has 1 aromatic carbocycles. The molecule has 0 spiro atoms. The van der Waals surface area contributed by atoms with E-state index in [0.29, 0.717) is 11.3 Å². The number of carbonyl (C=O) groups is 1. The van der Waals surface area contributed by atoms with Crippen LogP contribution in [0.1, 0.15) is 30.6 Å². The first-order chi connectivity index (χ1) is 9.70. The van der Waals surface area contributed by atoms with Gasteiger partial charge in [-0.2, -0.15) is 12.7 Å². The Morgan fingerprint density at radius 3 is 2.14 bits per heavy atom. The topological polar surface area (TPSA) is 69.7 Å². The summed E-state index contributed by atoms with van der Waals surface area (Å²) in [5.74, 6) is -0.158. The number of nitrogens with zero attached hydrogens (tertiary/aromatic N) is 2. The van der Waals surface area contributed by atoms with Gasteiger partial charge in [0, 0.05) is 32.7 Å². The molecule has 0 aliphatic carbocycles. The standard InChI is InChI=1S/C14H23N3O3S/c1-6-11(2)15-14(18)12-7-9-13(10-8-12)17(5)21(19,20)16(3)4/h7-11H,6H2,1-5H3,(H,15,18)/t11-/m0/s1. The minimum Gasteiger partial charge on any atom is -0.350 e. The molecule has 1 aromatic rings. The zero-order valence-corrected chi connectivity index (χ0v) is 13.9. The predicted molar refractivity (Wildman–Crippen MR) is 84.7 cm³/mol. The van der Waals surface area contributed by atoms with Crippen molar-refractivity contribution in [3.05, 3.63) is 29.8 Å². The first-order valence-electron chi connectivity index (χ1n) is 6.77. The van der Waals surface area contributed by atoms with Crippen molar-refractivity contribution in [2.45, 2.75) is 26.3 Å². The third kappa shape index (κ3) is 4.18. The van der Waals surface area contributed by atoms with Gasteiger partial charge in [-0.25, -0.2) is 0 Å². The highest BCUT2D eigenvalue weighted by molar-refractivity contribution is 7.90. The van der Waals surface area contributed by atoms with Crippen molar-refractivity contribution in [1.29, 1.82) is 0 Å². The fraction of sp³-hybridized carbons (Fsp3) is 0.500. The van der Waals surface area contributed by atoms with E-state index in [1.54, 1.807) is 24.3 Å². The monoisotopic (exact) mass is 313 g/mol. The van der Waals surface area contributed by atoms with Gasteiger partial charge in [0.25, 0.3) is 5.91 Å². The Labute approximate surface area is 126 Å². The molecule has 1 amide bonds. The van der Waals surface area contributed by atoms with Gasteiger partial charge in [0.1, 0.15) is 0 Å². The summed E-state index contributed by atoms with van der Waals surface area (Å²) in [7, 11) is 0.900. The zero-order valence-electron chi connectivity index (χ0n) is 13.1. The smallest absolute Gasteiger partial charge is 0.303 e. The van der Waals surface area contributed by atoms with Gasteiger partial charge in [-0.05, 0) is 37.6 Å². The van der Waals surface area contributed by atoms with Crippen LogP contribution in [0.2, 0.25) is 0 Å². The Hall–Kier alpha value is -1.60. The molecule has 0 heterocycles. The maximum absolute atomic E-state index is 12.0. The first-order valence-corrected chi connectivity index (χ1v) is 8.17. The lowest BCUT2D eigenvalue weighted by Crippen LogP contribution is -2.37. The zero-order chi connectivity index (χ0) is 16.2.